The van der Waals surface area contributed by atoms with Crippen LogP contribution < -0.4 is 9.83 Å². The molecule has 4 aromatic rings. The van der Waals surface area contributed by atoms with Crippen LogP contribution in [0.25, 0.3) is 21.9 Å². The van der Waals surface area contributed by atoms with Crippen LogP contribution in [-0.2, 0) is 10.8 Å². The molecule has 0 amide bonds. The first-order valence-corrected chi connectivity index (χ1v) is 16.7. The van der Waals surface area contributed by atoms with Crippen LogP contribution in [0.1, 0.15) is 91.5 Å². The fourth-order valence-electron chi connectivity index (χ4n) is 5.54. The van der Waals surface area contributed by atoms with Crippen LogP contribution in [0.2, 0.25) is 0 Å². The van der Waals surface area contributed by atoms with Crippen LogP contribution in [-0.4, -0.2) is 11.3 Å². The summed E-state index contributed by atoms with van der Waals surface area (Å²) in [6.07, 6.45) is 0. The smallest absolute Gasteiger partial charge is 0.390 e. The van der Waals surface area contributed by atoms with Crippen molar-refractivity contribution in [2.75, 3.05) is 0 Å². The quantitative estimate of drug-likeness (QED) is 0.226. The lowest BCUT2D eigenvalue weighted by Gasteiger charge is -2.27. The molecule has 4 rings (SSSR count). The number of hydrogen-bond donors (Lipinski definition) is 0. The van der Waals surface area contributed by atoms with E-state index in [1.807, 2.05) is 0 Å². The number of hydrogen-bond acceptors (Lipinski definition) is 3. The van der Waals surface area contributed by atoms with Gasteiger partial charge >= 0.3 is 8.24 Å². The Morgan fingerprint density at radius 3 is 1.51 bits per heavy atom. The summed E-state index contributed by atoms with van der Waals surface area (Å²) in [5.41, 5.74) is 7.31. The zero-order chi connectivity index (χ0) is 28.9. The van der Waals surface area contributed by atoms with Crippen molar-refractivity contribution >= 4 is 43.4 Å². The molecule has 210 valence electrons. The summed E-state index contributed by atoms with van der Waals surface area (Å²) in [5.74, 6) is 0.872. The van der Waals surface area contributed by atoms with Crippen molar-refractivity contribution in [1.29, 1.82) is 0 Å². The minimum Gasteiger partial charge on any atom is -0.390 e. The second-order valence-corrected chi connectivity index (χ2v) is 17.7. The van der Waals surface area contributed by atoms with Gasteiger partial charge in [0, 0.05) is 27.2 Å². The van der Waals surface area contributed by atoms with Gasteiger partial charge in [-0.25, -0.2) is 0 Å². The molecule has 0 atom stereocenters. The van der Waals surface area contributed by atoms with Gasteiger partial charge in [0.25, 0.3) is 0 Å². The highest BCUT2D eigenvalue weighted by Gasteiger charge is 2.27. The van der Waals surface area contributed by atoms with Crippen LogP contribution >= 0.6 is 16.2 Å². The number of aryl methyl sites for hydroxylation is 2. The van der Waals surface area contributed by atoms with E-state index in [2.05, 4.69) is 132 Å². The molecule has 1 heterocycles. The summed E-state index contributed by atoms with van der Waals surface area (Å²) in [4.78, 5) is 0. The molecule has 0 radical (unpaired) electrons. The van der Waals surface area contributed by atoms with Gasteiger partial charge in [0.2, 0.25) is 0 Å². The van der Waals surface area contributed by atoms with E-state index in [1.54, 1.807) is 0 Å². The largest absolute Gasteiger partial charge is 0.453 e. The summed E-state index contributed by atoms with van der Waals surface area (Å²) in [7, 11) is -2.19. The predicted molar refractivity (Wildman–Crippen MR) is 172 cm³/mol. The van der Waals surface area contributed by atoms with Crippen LogP contribution in [0, 0.1) is 13.8 Å². The molecule has 1 aromatic heterocycles. The molecule has 39 heavy (non-hydrogen) atoms. The molecule has 3 aromatic carbocycles. The third-order valence-electron chi connectivity index (χ3n) is 7.36. The summed E-state index contributed by atoms with van der Waals surface area (Å²) in [5, 5.41) is 3.52. The van der Waals surface area contributed by atoms with Crippen molar-refractivity contribution in [2.45, 2.75) is 105 Å². The SMILES string of the molecule is Cc1ccc(C(C)(C)C)c2op(Oc3ccccc3P(C(C)C)C(C)C)oc3c(C(C)(C)C)ccc(C)c3c12. The minimum atomic E-state index is -1.77. The van der Waals surface area contributed by atoms with Gasteiger partial charge in [-0.05, 0) is 53.2 Å². The lowest BCUT2D eigenvalue weighted by molar-refractivity contribution is 0.491. The maximum Gasteiger partial charge on any atom is 0.453 e. The van der Waals surface area contributed by atoms with Crippen molar-refractivity contribution in [3.63, 3.8) is 0 Å². The monoisotopic (exact) mass is 564 g/mol. The van der Waals surface area contributed by atoms with E-state index in [-0.39, 0.29) is 10.8 Å². The summed E-state index contributed by atoms with van der Waals surface area (Å²) in [6, 6.07) is 17.3. The molecule has 0 aliphatic heterocycles. The van der Waals surface area contributed by atoms with Gasteiger partial charge in [-0.3, -0.25) is 0 Å². The van der Waals surface area contributed by atoms with Crippen molar-refractivity contribution < 1.29 is 12.9 Å². The molecular formula is C34H46O3P2. The van der Waals surface area contributed by atoms with Gasteiger partial charge in [0.05, 0.1) is 0 Å². The average molecular weight is 565 g/mol. The molecule has 3 nitrogen and oxygen atoms in total. The number of para-hydroxylation sites is 1. The standard InChI is InChI=1S/C34H46O3P2/c1-21(2)38(22(3)4)28-16-14-13-15-27(28)35-39-36-31-25(33(7,8)9)19-17-23(5)29(31)30-24(6)18-20-26(32(30)37-39)34(10,11)12/h13-22H,1-12H3. The van der Waals surface area contributed by atoms with Crippen LogP contribution in [0.15, 0.2) is 56.9 Å². The van der Waals surface area contributed by atoms with E-state index in [0.29, 0.717) is 11.3 Å². The molecule has 0 aliphatic carbocycles. The van der Waals surface area contributed by atoms with E-state index in [1.165, 1.54) is 16.4 Å². The lowest BCUT2D eigenvalue weighted by Crippen LogP contribution is -2.16. The Morgan fingerprint density at radius 2 is 1.10 bits per heavy atom. The highest BCUT2D eigenvalue weighted by Crippen LogP contribution is 2.49. The number of rotatable bonds is 5. The van der Waals surface area contributed by atoms with Gasteiger partial charge in [0.1, 0.15) is 16.9 Å². The molecule has 0 fully saturated rings. The van der Waals surface area contributed by atoms with Gasteiger partial charge in [-0.15, -0.1) is 0 Å². The Balaban J connectivity index is 2.16. The Kier molecular flexibility index (Phi) is 8.39. The van der Waals surface area contributed by atoms with Gasteiger partial charge in [0.15, 0.2) is 0 Å². The predicted octanol–water partition coefficient (Wildman–Crippen LogP) is 11.3. The second-order valence-electron chi connectivity index (χ2n) is 13.3. The highest BCUT2D eigenvalue weighted by molar-refractivity contribution is 7.67. The zero-order valence-electron chi connectivity index (χ0n) is 25.9. The van der Waals surface area contributed by atoms with Crippen molar-refractivity contribution in [1.82, 2.24) is 0 Å². The van der Waals surface area contributed by atoms with E-state index in [4.69, 9.17) is 12.9 Å². The Bertz CT molecular complexity index is 1440. The minimum absolute atomic E-state index is 0.111. The molecule has 5 heteroatoms. The topological polar surface area (TPSA) is 35.5 Å². The van der Waals surface area contributed by atoms with Crippen LogP contribution in [0.3, 0.4) is 0 Å². The summed E-state index contributed by atoms with van der Waals surface area (Å²) < 4.78 is 20.6. The van der Waals surface area contributed by atoms with Crippen LogP contribution in [0.5, 0.6) is 5.75 Å². The first-order chi connectivity index (χ1) is 18.1. The first kappa shape index (κ1) is 29.8. The molecule has 0 unspecified atom stereocenters. The molecule has 0 spiro atoms. The number of fused-ring (bicyclic) bond motifs is 3. The highest BCUT2D eigenvalue weighted by atomic mass is 31.1. The molecular weight excluding hydrogens is 518 g/mol. The van der Waals surface area contributed by atoms with Gasteiger partial charge in [-0.1, -0.05) is 120 Å². The van der Waals surface area contributed by atoms with Crippen LogP contribution in [0.4, 0.5) is 0 Å². The summed E-state index contributed by atoms with van der Waals surface area (Å²) >= 11 is 0. The van der Waals surface area contributed by atoms with Gasteiger partial charge in [-0.2, -0.15) is 0 Å². The molecule has 0 bridgehead atoms. The lowest BCUT2D eigenvalue weighted by atomic mass is 9.82. The number of benzene rings is 3. The van der Waals surface area contributed by atoms with E-state index in [9.17, 15) is 0 Å². The van der Waals surface area contributed by atoms with E-state index in [0.717, 1.165) is 38.8 Å². The molecule has 0 saturated carbocycles. The maximum atomic E-state index is 6.89. The van der Waals surface area contributed by atoms with Crippen molar-refractivity contribution in [3.8, 4) is 5.75 Å². The Hall–Kier alpha value is -2.21. The van der Waals surface area contributed by atoms with Gasteiger partial charge < -0.3 is 12.9 Å². The van der Waals surface area contributed by atoms with E-state index < -0.39 is 16.2 Å². The van der Waals surface area contributed by atoms with Crippen molar-refractivity contribution in [2.24, 2.45) is 0 Å². The maximum absolute atomic E-state index is 6.89. The third-order valence-corrected chi connectivity index (χ3v) is 11.5. The fraction of sp³-hybridized carbons (Fsp3) is 0.471. The molecule has 0 N–H and O–H groups in total. The fourth-order valence-corrected chi connectivity index (χ4v) is 9.66. The van der Waals surface area contributed by atoms with E-state index >= 15 is 0 Å². The third kappa shape index (κ3) is 5.96. The molecule has 0 saturated heterocycles. The Morgan fingerprint density at radius 1 is 0.667 bits per heavy atom. The Labute approximate surface area is 237 Å². The molecule has 0 aliphatic rings. The first-order valence-electron chi connectivity index (χ1n) is 14.1. The normalized spacial score (nSPS) is 12.8. The second kappa shape index (κ2) is 11.0. The van der Waals surface area contributed by atoms with Crippen molar-refractivity contribution in [3.05, 3.63) is 70.8 Å². The summed E-state index contributed by atoms with van der Waals surface area (Å²) in [6.45, 7) is 27.0. The average Bonchev–Trinajstić information content (AvgIpc) is 2.96. The zero-order valence-corrected chi connectivity index (χ0v) is 27.7.